The van der Waals surface area contributed by atoms with Gasteiger partial charge in [0.25, 0.3) is 15.9 Å². The summed E-state index contributed by atoms with van der Waals surface area (Å²) in [6.07, 6.45) is 0. The Morgan fingerprint density at radius 2 is 1.64 bits per heavy atom. The van der Waals surface area contributed by atoms with Gasteiger partial charge in [-0.15, -0.1) is 0 Å². The van der Waals surface area contributed by atoms with Crippen LogP contribution >= 0.6 is 0 Å². The van der Waals surface area contributed by atoms with Crippen LogP contribution in [0.2, 0.25) is 0 Å². The third kappa shape index (κ3) is 5.64. The van der Waals surface area contributed by atoms with Gasteiger partial charge in [-0.3, -0.25) is 9.52 Å². The number of carbonyl (C=O) groups excluding carboxylic acids is 1. The van der Waals surface area contributed by atoms with Gasteiger partial charge in [0.1, 0.15) is 11.5 Å². The number of amides is 1. The van der Waals surface area contributed by atoms with Gasteiger partial charge in [0.05, 0.1) is 19.1 Å². The number of benzene rings is 3. The van der Waals surface area contributed by atoms with E-state index in [9.17, 15) is 13.2 Å². The van der Waals surface area contributed by atoms with Crippen LogP contribution in [-0.2, 0) is 16.6 Å². The van der Waals surface area contributed by atoms with Crippen LogP contribution in [0.5, 0.6) is 11.5 Å². The summed E-state index contributed by atoms with van der Waals surface area (Å²) in [5.74, 6) is 1.02. The van der Waals surface area contributed by atoms with Gasteiger partial charge in [-0.25, -0.2) is 8.42 Å². The van der Waals surface area contributed by atoms with Crippen molar-refractivity contribution in [3.63, 3.8) is 0 Å². The lowest BCUT2D eigenvalue weighted by Crippen LogP contribution is -2.27. The zero-order valence-corrected chi connectivity index (χ0v) is 20.2. The van der Waals surface area contributed by atoms with Crippen molar-refractivity contribution < 1.29 is 22.7 Å². The van der Waals surface area contributed by atoms with E-state index in [-0.39, 0.29) is 16.4 Å². The molecule has 3 rings (SSSR count). The zero-order valence-electron chi connectivity index (χ0n) is 19.4. The van der Waals surface area contributed by atoms with E-state index in [4.69, 9.17) is 9.47 Å². The molecular weight excluding hydrogens is 440 g/mol. The lowest BCUT2D eigenvalue weighted by molar-refractivity contribution is 0.0784. The summed E-state index contributed by atoms with van der Waals surface area (Å²) in [4.78, 5) is 14.7. The minimum Gasteiger partial charge on any atom is -0.497 e. The highest BCUT2D eigenvalue weighted by molar-refractivity contribution is 7.92. The van der Waals surface area contributed by atoms with Crippen LogP contribution in [0, 0.1) is 13.8 Å². The Morgan fingerprint density at radius 3 is 2.27 bits per heavy atom. The van der Waals surface area contributed by atoms with Gasteiger partial charge in [-0.1, -0.05) is 23.8 Å². The van der Waals surface area contributed by atoms with Crippen LogP contribution in [0.1, 0.15) is 27.0 Å². The fraction of sp³-hybridized carbons (Fsp3) is 0.240. The van der Waals surface area contributed by atoms with Crippen molar-refractivity contribution in [2.75, 3.05) is 26.0 Å². The molecule has 0 aromatic heterocycles. The standard InChI is InChI=1S/C25H28N2O5S/c1-17-6-13-23(32-5)20(14-17)16-27(3)25(28)19-8-7-18(2)24(15-19)33(29,30)26-21-9-11-22(31-4)12-10-21/h6-15,26H,16H2,1-5H3. The van der Waals surface area contributed by atoms with Crippen molar-refractivity contribution in [1.82, 2.24) is 4.90 Å². The molecule has 8 heteroatoms. The molecule has 0 saturated heterocycles. The number of nitrogens with zero attached hydrogens (tertiary/aromatic N) is 1. The molecule has 1 N–H and O–H groups in total. The lowest BCUT2D eigenvalue weighted by Gasteiger charge is -2.20. The average Bonchev–Trinajstić information content (AvgIpc) is 2.79. The molecule has 0 saturated carbocycles. The van der Waals surface area contributed by atoms with E-state index in [1.54, 1.807) is 57.5 Å². The predicted octanol–water partition coefficient (Wildman–Crippen LogP) is 4.39. The first-order valence-corrected chi connectivity index (χ1v) is 11.8. The van der Waals surface area contributed by atoms with E-state index in [2.05, 4.69) is 4.72 Å². The first-order chi connectivity index (χ1) is 15.6. The Balaban J connectivity index is 1.85. The van der Waals surface area contributed by atoms with Crippen molar-refractivity contribution in [1.29, 1.82) is 0 Å². The molecule has 0 heterocycles. The zero-order chi connectivity index (χ0) is 24.2. The average molecular weight is 469 g/mol. The molecule has 0 bridgehead atoms. The molecule has 0 atom stereocenters. The number of methoxy groups -OCH3 is 2. The summed E-state index contributed by atoms with van der Waals surface area (Å²) in [6.45, 7) is 3.99. The number of nitrogens with one attached hydrogen (secondary N) is 1. The molecular formula is C25H28N2O5S. The monoisotopic (exact) mass is 468 g/mol. The summed E-state index contributed by atoms with van der Waals surface area (Å²) in [7, 11) is 0.897. The van der Waals surface area contributed by atoms with Gasteiger partial charge in [-0.05, 0) is 61.9 Å². The normalized spacial score (nSPS) is 11.1. The maximum Gasteiger partial charge on any atom is 0.262 e. The van der Waals surface area contributed by atoms with E-state index >= 15 is 0 Å². The highest BCUT2D eigenvalue weighted by Gasteiger charge is 2.21. The number of anilines is 1. The van der Waals surface area contributed by atoms with Crippen LogP contribution in [-0.4, -0.2) is 40.5 Å². The number of aryl methyl sites for hydroxylation is 2. The summed E-state index contributed by atoms with van der Waals surface area (Å²) < 4.78 is 39.2. The molecule has 0 fully saturated rings. The molecule has 33 heavy (non-hydrogen) atoms. The van der Waals surface area contributed by atoms with E-state index in [0.29, 0.717) is 29.3 Å². The molecule has 1 amide bonds. The lowest BCUT2D eigenvalue weighted by atomic mass is 10.1. The molecule has 0 spiro atoms. The summed E-state index contributed by atoms with van der Waals surface area (Å²) in [5.41, 5.74) is 3.14. The first-order valence-electron chi connectivity index (χ1n) is 10.3. The molecule has 0 unspecified atom stereocenters. The number of sulfonamides is 1. The van der Waals surface area contributed by atoms with Gasteiger partial charge >= 0.3 is 0 Å². The third-order valence-electron chi connectivity index (χ3n) is 5.26. The van der Waals surface area contributed by atoms with Gasteiger partial charge < -0.3 is 14.4 Å². The Bertz CT molecular complexity index is 1250. The van der Waals surface area contributed by atoms with E-state index < -0.39 is 10.0 Å². The minimum absolute atomic E-state index is 0.0469. The molecule has 3 aromatic carbocycles. The highest BCUT2D eigenvalue weighted by atomic mass is 32.2. The Labute approximate surface area is 195 Å². The van der Waals surface area contributed by atoms with Gasteiger partial charge in [-0.2, -0.15) is 0 Å². The van der Waals surface area contributed by atoms with Crippen LogP contribution in [0.15, 0.2) is 65.6 Å². The van der Waals surface area contributed by atoms with Crippen molar-refractivity contribution in [3.05, 3.63) is 82.9 Å². The van der Waals surface area contributed by atoms with E-state index in [1.807, 2.05) is 25.1 Å². The Hall–Kier alpha value is -3.52. The third-order valence-corrected chi connectivity index (χ3v) is 6.78. The van der Waals surface area contributed by atoms with Gasteiger partial charge in [0.2, 0.25) is 0 Å². The molecule has 0 aliphatic heterocycles. The van der Waals surface area contributed by atoms with Crippen molar-refractivity contribution in [2.24, 2.45) is 0 Å². The molecule has 174 valence electrons. The maximum absolute atomic E-state index is 13.1. The van der Waals surface area contributed by atoms with Gasteiger partial charge in [0, 0.05) is 30.4 Å². The number of carbonyl (C=O) groups is 1. The minimum atomic E-state index is -3.90. The fourth-order valence-electron chi connectivity index (χ4n) is 3.47. The maximum atomic E-state index is 13.1. The van der Waals surface area contributed by atoms with Crippen molar-refractivity contribution >= 4 is 21.6 Å². The van der Waals surface area contributed by atoms with Crippen LogP contribution in [0.4, 0.5) is 5.69 Å². The quantitative estimate of drug-likeness (QED) is 0.530. The van der Waals surface area contributed by atoms with Crippen LogP contribution in [0.3, 0.4) is 0 Å². The van der Waals surface area contributed by atoms with E-state index in [1.165, 1.54) is 18.1 Å². The summed E-state index contributed by atoms with van der Waals surface area (Å²) >= 11 is 0. The van der Waals surface area contributed by atoms with Crippen molar-refractivity contribution in [3.8, 4) is 11.5 Å². The second kappa shape index (κ2) is 9.95. The number of hydrogen-bond acceptors (Lipinski definition) is 5. The number of ether oxygens (including phenoxy) is 2. The smallest absolute Gasteiger partial charge is 0.262 e. The SMILES string of the molecule is COc1ccc(NS(=O)(=O)c2cc(C(=O)N(C)Cc3cc(C)ccc3OC)ccc2C)cc1. The van der Waals surface area contributed by atoms with Crippen LogP contribution in [0.25, 0.3) is 0 Å². The summed E-state index contributed by atoms with van der Waals surface area (Å²) in [6, 6.07) is 17.0. The molecule has 0 radical (unpaired) electrons. The Kier molecular flexibility index (Phi) is 7.28. The summed E-state index contributed by atoms with van der Waals surface area (Å²) in [5, 5.41) is 0. The second-order valence-electron chi connectivity index (χ2n) is 7.79. The fourth-order valence-corrected chi connectivity index (χ4v) is 4.80. The largest absolute Gasteiger partial charge is 0.497 e. The first kappa shape index (κ1) is 24.1. The topological polar surface area (TPSA) is 84.9 Å². The second-order valence-corrected chi connectivity index (χ2v) is 9.44. The molecule has 3 aromatic rings. The van der Waals surface area contributed by atoms with E-state index in [0.717, 1.165) is 11.1 Å². The number of hydrogen-bond donors (Lipinski definition) is 1. The highest BCUT2D eigenvalue weighted by Crippen LogP contribution is 2.25. The van der Waals surface area contributed by atoms with Gasteiger partial charge in [0.15, 0.2) is 0 Å². The predicted molar refractivity (Wildman–Crippen MR) is 129 cm³/mol. The van der Waals surface area contributed by atoms with Crippen LogP contribution < -0.4 is 14.2 Å². The van der Waals surface area contributed by atoms with Crippen molar-refractivity contribution in [2.45, 2.75) is 25.3 Å². The molecule has 0 aliphatic carbocycles. The Morgan fingerprint density at radius 1 is 0.939 bits per heavy atom. The number of rotatable bonds is 8. The molecule has 0 aliphatic rings. The molecule has 7 nitrogen and oxygen atoms in total.